The van der Waals surface area contributed by atoms with E-state index in [0.29, 0.717) is 30.8 Å². The number of anilines is 2. The lowest BCUT2D eigenvalue weighted by molar-refractivity contribution is -0.120. The van der Waals surface area contributed by atoms with Crippen molar-refractivity contribution >= 4 is 38.1 Å². The van der Waals surface area contributed by atoms with E-state index in [1.54, 1.807) is 12.1 Å². The molecule has 0 spiro atoms. The van der Waals surface area contributed by atoms with Crippen LogP contribution in [0.1, 0.15) is 12.8 Å². The van der Waals surface area contributed by atoms with E-state index in [9.17, 15) is 13.2 Å². The summed E-state index contributed by atoms with van der Waals surface area (Å²) in [4.78, 5) is 18.0. The largest absolute Gasteiger partial charge is 0.367 e. The Morgan fingerprint density at radius 3 is 2.23 bits per heavy atom. The van der Waals surface area contributed by atoms with E-state index in [1.807, 2.05) is 48.5 Å². The Morgan fingerprint density at radius 2 is 1.49 bits per heavy atom. The van der Waals surface area contributed by atoms with Crippen LogP contribution in [-0.2, 0) is 14.8 Å². The second-order valence-electron chi connectivity index (χ2n) is 9.48. The van der Waals surface area contributed by atoms with Crippen molar-refractivity contribution in [1.29, 1.82) is 0 Å². The van der Waals surface area contributed by atoms with Crippen LogP contribution < -0.4 is 10.2 Å². The third kappa shape index (κ3) is 5.05. The molecule has 5 rings (SSSR count). The lowest BCUT2D eigenvalue weighted by Gasteiger charge is -2.35. The van der Waals surface area contributed by atoms with Crippen LogP contribution in [0.4, 0.5) is 11.4 Å². The lowest BCUT2D eigenvalue weighted by atomic mass is 9.97. The molecule has 184 valence electrons. The molecule has 0 aromatic heterocycles. The molecule has 2 saturated heterocycles. The van der Waals surface area contributed by atoms with E-state index in [2.05, 4.69) is 28.2 Å². The summed E-state index contributed by atoms with van der Waals surface area (Å²) in [6, 6.07) is 20.9. The zero-order valence-corrected chi connectivity index (χ0v) is 20.9. The van der Waals surface area contributed by atoms with Gasteiger partial charge < -0.3 is 15.1 Å². The molecule has 0 unspecified atom stereocenters. The highest BCUT2D eigenvalue weighted by atomic mass is 32.2. The summed E-state index contributed by atoms with van der Waals surface area (Å²) < 4.78 is 28.0. The van der Waals surface area contributed by atoms with Gasteiger partial charge in [0.05, 0.1) is 16.3 Å². The van der Waals surface area contributed by atoms with Crippen LogP contribution in [0.25, 0.3) is 10.8 Å². The van der Waals surface area contributed by atoms with Crippen molar-refractivity contribution in [1.82, 2.24) is 9.21 Å². The summed E-state index contributed by atoms with van der Waals surface area (Å²) in [5, 5.41) is 5.05. The van der Waals surface area contributed by atoms with Crippen LogP contribution in [-0.4, -0.2) is 69.8 Å². The molecule has 0 saturated carbocycles. The molecule has 0 aliphatic carbocycles. The highest BCUT2D eigenvalue weighted by molar-refractivity contribution is 7.89. The second-order valence-corrected chi connectivity index (χ2v) is 11.4. The van der Waals surface area contributed by atoms with Gasteiger partial charge in [-0.1, -0.05) is 42.5 Å². The molecule has 2 aliphatic heterocycles. The molecule has 3 aromatic carbocycles. The minimum absolute atomic E-state index is 0.0330. The number of rotatable bonds is 5. The van der Waals surface area contributed by atoms with Crippen LogP contribution >= 0.6 is 0 Å². The van der Waals surface area contributed by atoms with Gasteiger partial charge >= 0.3 is 0 Å². The molecule has 0 bridgehead atoms. The van der Waals surface area contributed by atoms with E-state index in [1.165, 1.54) is 4.31 Å². The number of likely N-dealkylation sites (N-methyl/N-ethyl adjacent to an activating group) is 1. The normalized spacial score (nSPS) is 18.6. The highest BCUT2D eigenvalue weighted by Gasteiger charge is 2.32. The van der Waals surface area contributed by atoms with Gasteiger partial charge in [-0.3, -0.25) is 4.79 Å². The fourth-order valence-electron chi connectivity index (χ4n) is 4.97. The Labute approximate surface area is 207 Å². The molecule has 7 nitrogen and oxygen atoms in total. The third-order valence-corrected chi connectivity index (χ3v) is 9.08. The first-order valence-electron chi connectivity index (χ1n) is 12.2. The van der Waals surface area contributed by atoms with E-state index in [0.717, 1.165) is 48.3 Å². The first kappa shape index (κ1) is 23.8. The second kappa shape index (κ2) is 9.97. The number of benzene rings is 3. The minimum atomic E-state index is -3.60. The first-order valence-corrected chi connectivity index (χ1v) is 13.7. The number of piperazine rings is 1. The monoisotopic (exact) mass is 492 g/mol. The van der Waals surface area contributed by atoms with Gasteiger partial charge in [-0.25, -0.2) is 8.42 Å². The van der Waals surface area contributed by atoms with Crippen LogP contribution in [0.5, 0.6) is 0 Å². The van der Waals surface area contributed by atoms with Crippen molar-refractivity contribution in [3.63, 3.8) is 0 Å². The van der Waals surface area contributed by atoms with Crippen LogP contribution in [0.3, 0.4) is 0 Å². The first-order chi connectivity index (χ1) is 16.9. The molecule has 2 fully saturated rings. The maximum absolute atomic E-state index is 13.3. The zero-order chi connectivity index (χ0) is 24.4. The number of nitrogens with one attached hydrogen (secondary N) is 1. The summed E-state index contributed by atoms with van der Waals surface area (Å²) in [7, 11) is -1.47. The van der Waals surface area contributed by atoms with E-state index in [-0.39, 0.29) is 11.8 Å². The quantitative estimate of drug-likeness (QED) is 0.589. The number of para-hydroxylation sites is 2. The van der Waals surface area contributed by atoms with Gasteiger partial charge in [0.2, 0.25) is 15.9 Å². The van der Waals surface area contributed by atoms with Crippen molar-refractivity contribution in [2.45, 2.75) is 17.7 Å². The molecule has 2 aliphatic rings. The third-order valence-electron chi connectivity index (χ3n) is 7.19. The zero-order valence-electron chi connectivity index (χ0n) is 20.1. The molecule has 2 heterocycles. The average Bonchev–Trinajstić information content (AvgIpc) is 2.89. The van der Waals surface area contributed by atoms with Gasteiger partial charge in [0.25, 0.3) is 0 Å². The van der Waals surface area contributed by atoms with Gasteiger partial charge in [-0.05, 0) is 54.9 Å². The Kier molecular flexibility index (Phi) is 6.77. The van der Waals surface area contributed by atoms with E-state index >= 15 is 0 Å². The van der Waals surface area contributed by atoms with E-state index in [4.69, 9.17) is 0 Å². The SMILES string of the molecule is CN1CCN(c2ccccc2NC(=O)C2CCN(S(=O)(=O)c3ccc4ccccc4c3)CC2)CC1. The predicted molar refractivity (Wildman–Crippen MR) is 140 cm³/mol. The fourth-order valence-corrected chi connectivity index (χ4v) is 6.48. The Balaban J connectivity index is 1.23. The van der Waals surface area contributed by atoms with Gasteiger partial charge in [-0.2, -0.15) is 4.31 Å². The van der Waals surface area contributed by atoms with Crippen LogP contribution in [0.15, 0.2) is 71.6 Å². The topological polar surface area (TPSA) is 73.0 Å². The summed E-state index contributed by atoms with van der Waals surface area (Å²) >= 11 is 0. The van der Waals surface area contributed by atoms with Crippen molar-refractivity contribution < 1.29 is 13.2 Å². The number of amides is 1. The maximum Gasteiger partial charge on any atom is 0.243 e. The number of hydrogen-bond donors (Lipinski definition) is 1. The molecular formula is C27H32N4O3S. The maximum atomic E-state index is 13.3. The van der Waals surface area contributed by atoms with Gasteiger partial charge in [-0.15, -0.1) is 0 Å². The molecule has 8 heteroatoms. The van der Waals surface area contributed by atoms with Crippen LogP contribution in [0, 0.1) is 5.92 Å². The Hall–Kier alpha value is -2.94. The van der Waals surface area contributed by atoms with Crippen molar-refractivity contribution in [2.24, 2.45) is 5.92 Å². The Bertz CT molecular complexity index is 1310. The predicted octanol–water partition coefficient (Wildman–Crippen LogP) is 3.63. The number of piperidine rings is 1. The standard InChI is InChI=1S/C27H32N4O3S/c1-29-16-18-30(19-17-29)26-9-5-4-8-25(26)28-27(32)22-12-14-31(15-13-22)35(33,34)24-11-10-21-6-2-3-7-23(21)20-24/h2-11,20,22H,12-19H2,1H3,(H,28,32). The molecule has 35 heavy (non-hydrogen) atoms. The van der Waals surface area contributed by atoms with Crippen molar-refractivity contribution in [3.05, 3.63) is 66.7 Å². The number of fused-ring (bicyclic) bond motifs is 1. The number of carbonyl (C=O) groups is 1. The smallest absolute Gasteiger partial charge is 0.243 e. The van der Waals surface area contributed by atoms with Gasteiger partial charge in [0.15, 0.2) is 0 Å². The number of sulfonamides is 1. The van der Waals surface area contributed by atoms with Crippen molar-refractivity contribution in [2.75, 3.05) is 56.5 Å². The lowest BCUT2D eigenvalue weighted by Crippen LogP contribution is -2.45. The molecule has 0 atom stereocenters. The minimum Gasteiger partial charge on any atom is -0.367 e. The van der Waals surface area contributed by atoms with Gasteiger partial charge in [0, 0.05) is 45.2 Å². The van der Waals surface area contributed by atoms with Crippen LogP contribution in [0.2, 0.25) is 0 Å². The number of carbonyl (C=O) groups excluding carboxylic acids is 1. The summed E-state index contributed by atoms with van der Waals surface area (Å²) in [5.41, 5.74) is 1.87. The van der Waals surface area contributed by atoms with Gasteiger partial charge in [0.1, 0.15) is 0 Å². The van der Waals surface area contributed by atoms with Crippen molar-refractivity contribution in [3.8, 4) is 0 Å². The fraction of sp³-hybridized carbons (Fsp3) is 0.370. The summed E-state index contributed by atoms with van der Waals surface area (Å²) in [6.45, 7) is 4.52. The number of nitrogens with zero attached hydrogens (tertiary/aromatic N) is 3. The molecular weight excluding hydrogens is 460 g/mol. The molecule has 0 radical (unpaired) electrons. The highest BCUT2D eigenvalue weighted by Crippen LogP contribution is 2.30. The summed E-state index contributed by atoms with van der Waals surface area (Å²) in [6.07, 6.45) is 1.02. The Morgan fingerprint density at radius 1 is 0.829 bits per heavy atom. The molecule has 3 aromatic rings. The average molecular weight is 493 g/mol. The molecule has 1 N–H and O–H groups in total. The summed E-state index contributed by atoms with van der Waals surface area (Å²) in [5.74, 6) is -0.243. The molecule has 1 amide bonds. The van der Waals surface area contributed by atoms with E-state index < -0.39 is 10.0 Å². The number of hydrogen-bond acceptors (Lipinski definition) is 5.